The van der Waals surface area contributed by atoms with Gasteiger partial charge >= 0.3 is 0 Å². The van der Waals surface area contributed by atoms with E-state index in [0.717, 1.165) is 34.2 Å². The highest BCUT2D eigenvalue weighted by Gasteiger charge is 2.32. The van der Waals surface area contributed by atoms with Crippen molar-refractivity contribution in [3.05, 3.63) is 75.9 Å². The number of carbonyl (C=O) groups excluding carboxylic acids is 1. The van der Waals surface area contributed by atoms with Crippen molar-refractivity contribution in [3.63, 3.8) is 0 Å². The lowest BCUT2D eigenvalue weighted by atomic mass is 9.86. The van der Waals surface area contributed by atoms with Crippen LogP contribution in [-0.2, 0) is 13.5 Å². The molecule has 0 fully saturated rings. The molecule has 1 aliphatic rings. The van der Waals surface area contributed by atoms with Crippen LogP contribution < -0.4 is 34.3 Å². The third kappa shape index (κ3) is 3.12. The fourth-order valence-corrected chi connectivity index (χ4v) is 3.80. The molecule has 3 nitrogen and oxygen atoms in total. The standard InChI is InChI=1S/C21H17ClN2O.HI/c1-24-17-8-3-2-7-16(17)20(23)19-18(24)10-9-14(21(19)25)11-13-5-4-6-15(22)12-13;/h2-8,11-12,23H,9-10H2,1H3;1H/b14-11+;. The van der Waals surface area contributed by atoms with Gasteiger partial charge in [-0.2, -0.15) is 4.57 Å². The van der Waals surface area contributed by atoms with Crippen molar-refractivity contribution >= 4 is 40.1 Å². The summed E-state index contributed by atoms with van der Waals surface area (Å²) in [7, 11) is 2.00. The van der Waals surface area contributed by atoms with E-state index in [4.69, 9.17) is 17.3 Å². The molecule has 5 heteroatoms. The average molecular weight is 477 g/mol. The van der Waals surface area contributed by atoms with Gasteiger partial charge in [0.1, 0.15) is 12.6 Å². The van der Waals surface area contributed by atoms with Crippen LogP contribution in [0.4, 0.5) is 5.69 Å². The Hall–Kier alpha value is -1.92. The van der Waals surface area contributed by atoms with Crippen LogP contribution in [0.5, 0.6) is 0 Å². The number of hydrogen-bond acceptors (Lipinski definition) is 2. The van der Waals surface area contributed by atoms with E-state index < -0.39 is 0 Å². The molecule has 0 aliphatic heterocycles. The van der Waals surface area contributed by atoms with Crippen LogP contribution in [0.15, 0.2) is 54.1 Å². The molecule has 2 N–H and O–H groups in total. The summed E-state index contributed by atoms with van der Waals surface area (Å²) in [5.41, 5.74) is 11.4. The topological polar surface area (TPSA) is 47.0 Å². The molecule has 0 saturated heterocycles. The Bertz CT molecular complexity index is 1060. The predicted octanol–water partition coefficient (Wildman–Crippen LogP) is 1.12. The van der Waals surface area contributed by atoms with Gasteiger partial charge in [-0.15, -0.1) is 0 Å². The van der Waals surface area contributed by atoms with E-state index in [9.17, 15) is 4.79 Å². The highest BCUT2D eigenvalue weighted by molar-refractivity contribution is 6.30. The molecule has 0 radical (unpaired) electrons. The number of hydrogen-bond donors (Lipinski definition) is 1. The number of halogens is 2. The number of aromatic nitrogens is 1. The number of Topliss-reactive ketones (excluding diaryl/α,β-unsaturated/α-hetero) is 1. The van der Waals surface area contributed by atoms with Crippen LogP contribution in [0.25, 0.3) is 17.0 Å². The van der Waals surface area contributed by atoms with Gasteiger partial charge in [-0.1, -0.05) is 35.9 Å². The van der Waals surface area contributed by atoms with Crippen molar-refractivity contribution < 1.29 is 33.3 Å². The van der Waals surface area contributed by atoms with Crippen LogP contribution in [-0.4, -0.2) is 5.78 Å². The number of aryl methyl sites for hydroxylation is 1. The van der Waals surface area contributed by atoms with E-state index >= 15 is 0 Å². The summed E-state index contributed by atoms with van der Waals surface area (Å²) in [6.45, 7) is 0. The minimum absolute atomic E-state index is 0. The highest BCUT2D eigenvalue weighted by Crippen LogP contribution is 2.32. The lowest BCUT2D eigenvalue weighted by Gasteiger charge is -2.18. The summed E-state index contributed by atoms with van der Waals surface area (Å²) >= 11 is 6.05. The van der Waals surface area contributed by atoms with Crippen molar-refractivity contribution in [3.8, 4) is 0 Å². The van der Waals surface area contributed by atoms with Crippen LogP contribution in [0.1, 0.15) is 28.0 Å². The Kier molecular flexibility index (Phi) is 5.34. The SMILES string of the molecule is C[n+]1c2c(c(N)c3ccccc31)C(=O)/C(=C/c1cccc(Cl)c1)CC2.[I-]. The van der Waals surface area contributed by atoms with Gasteiger partial charge < -0.3 is 29.7 Å². The monoisotopic (exact) mass is 476 g/mol. The Morgan fingerprint density at radius 2 is 1.88 bits per heavy atom. The van der Waals surface area contributed by atoms with Crippen molar-refractivity contribution in [2.45, 2.75) is 12.8 Å². The van der Waals surface area contributed by atoms with Crippen molar-refractivity contribution in [1.29, 1.82) is 0 Å². The molecule has 26 heavy (non-hydrogen) atoms. The fraction of sp³-hybridized carbons (Fsp3) is 0.143. The summed E-state index contributed by atoms with van der Waals surface area (Å²) in [5, 5.41) is 1.58. The lowest BCUT2D eigenvalue weighted by molar-refractivity contribution is -0.653. The molecule has 0 bridgehead atoms. The minimum Gasteiger partial charge on any atom is -1.00 e. The summed E-state index contributed by atoms with van der Waals surface area (Å²) in [4.78, 5) is 13.1. The van der Waals surface area contributed by atoms with Gasteiger partial charge in [-0.05, 0) is 36.3 Å². The maximum atomic E-state index is 13.1. The average Bonchev–Trinajstić information content (AvgIpc) is 2.61. The largest absolute Gasteiger partial charge is 1.00 e. The number of nitrogens with two attached hydrogens (primary N) is 1. The van der Waals surface area contributed by atoms with Gasteiger partial charge in [0.2, 0.25) is 5.52 Å². The molecule has 0 unspecified atom stereocenters. The van der Waals surface area contributed by atoms with Gasteiger partial charge in [0.05, 0.1) is 11.1 Å². The van der Waals surface area contributed by atoms with Crippen LogP contribution in [0, 0.1) is 0 Å². The molecule has 4 rings (SSSR count). The number of ketones is 1. The number of nitrogen functional groups attached to an aromatic ring is 1. The second-order valence-corrected chi connectivity index (χ2v) is 6.80. The third-order valence-corrected chi connectivity index (χ3v) is 5.09. The molecule has 2 aromatic carbocycles. The van der Waals surface area contributed by atoms with E-state index in [1.54, 1.807) is 0 Å². The minimum atomic E-state index is 0. The summed E-state index contributed by atoms with van der Waals surface area (Å²) in [5.74, 6) is 0.0140. The van der Waals surface area contributed by atoms with Gasteiger partial charge in [0.25, 0.3) is 0 Å². The molecular formula is C21H18ClIN2O. The quantitative estimate of drug-likeness (QED) is 0.325. The zero-order valence-corrected chi connectivity index (χ0v) is 17.2. The highest BCUT2D eigenvalue weighted by atomic mass is 127. The van der Waals surface area contributed by atoms with E-state index in [1.807, 2.05) is 61.7 Å². The Labute approximate surface area is 174 Å². The summed E-state index contributed by atoms with van der Waals surface area (Å²) < 4.78 is 2.09. The van der Waals surface area contributed by atoms with Crippen molar-refractivity contribution in [1.82, 2.24) is 0 Å². The lowest BCUT2D eigenvalue weighted by Crippen LogP contribution is -3.00. The Balaban J connectivity index is 0.00000196. The number of rotatable bonds is 1. The van der Waals surface area contributed by atoms with E-state index in [0.29, 0.717) is 22.7 Å². The van der Waals surface area contributed by atoms with Crippen molar-refractivity contribution in [2.24, 2.45) is 7.05 Å². The molecule has 3 aromatic rings. The second kappa shape index (κ2) is 7.37. The maximum Gasteiger partial charge on any atom is 0.214 e. The van der Waals surface area contributed by atoms with Gasteiger partial charge in [0, 0.05) is 23.1 Å². The van der Waals surface area contributed by atoms with Crippen LogP contribution >= 0.6 is 11.6 Å². The molecular weight excluding hydrogens is 459 g/mol. The smallest absolute Gasteiger partial charge is 0.214 e. The molecule has 132 valence electrons. The van der Waals surface area contributed by atoms with Gasteiger partial charge in [-0.3, -0.25) is 4.79 Å². The number of para-hydroxylation sites is 1. The van der Waals surface area contributed by atoms with Gasteiger partial charge in [0.15, 0.2) is 11.5 Å². The van der Waals surface area contributed by atoms with Crippen LogP contribution in [0.2, 0.25) is 5.02 Å². The molecule has 0 spiro atoms. The number of allylic oxidation sites excluding steroid dienone is 1. The molecule has 1 heterocycles. The molecule has 0 saturated carbocycles. The maximum absolute atomic E-state index is 13.1. The van der Waals surface area contributed by atoms with E-state index in [1.165, 1.54) is 0 Å². The number of benzene rings is 2. The first kappa shape index (κ1) is 18.9. The zero-order valence-electron chi connectivity index (χ0n) is 14.3. The number of anilines is 1. The number of fused-ring (bicyclic) bond motifs is 2. The van der Waals surface area contributed by atoms with Crippen molar-refractivity contribution in [2.75, 3.05) is 5.73 Å². The number of nitrogens with zero attached hydrogens (tertiary/aromatic N) is 1. The Morgan fingerprint density at radius 3 is 2.65 bits per heavy atom. The molecule has 0 amide bonds. The normalized spacial score (nSPS) is 15.0. The van der Waals surface area contributed by atoms with Gasteiger partial charge in [-0.25, -0.2) is 0 Å². The first-order valence-corrected chi connectivity index (χ1v) is 8.64. The molecule has 1 aromatic heterocycles. The first-order chi connectivity index (χ1) is 12.1. The number of pyridine rings is 1. The molecule has 1 aliphatic carbocycles. The van der Waals surface area contributed by atoms with Crippen LogP contribution in [0.3, 0.4) is 0 Å². The van der Waals surface area contributed by atoms with E-state index in [2.05, 4.69) is 4.57 Å². The predicted molar refractivity (Wildman–Crippen MR) is 102 cm³/mol. The van der Waals surface area contributed by atoms with E-state index in [-0.39, 0.29) is 29.8 Å². The Morgan fingerprint density at radius 1 is 1.12 bits per heavy atom. The summed E-state index contributed by atoms with van der Waals surface area (Å²) in [6.07, 6.45) is 3.41. The first-order valence-electron chi connectivity index (χ1n) is 8.26. The second-order valence-electron chi connectivity index (χ2n) is 6.37. The third-order valence-electron chi connectivity index (χ3n) is 4.86. The summed E-state index contributed by atoms with van der Waals surface area (Å²) in [6, 6.07) is 15.5. The zero-order chi connectivity index (χ0) is 17.6. The fourth-order valence-electron chi connectivity index (χ4n) is 3.61. The number of carbonyl (C=O) groups is 1. The molecule has 0 atom stereocenters.